The van der Waals surface area contributed by atoms with Crippen molar-refractivity contribution in [2.24, 2.45) is 0 Å². The van der Waals surface area contributed by atoms with Gasteiger partial charge in [0.25, 0.3) is 0 Å². The zero-order valence-electron chi connectivity index (χ0n) is 14.3. The van der Waals surface area contributed by atoms with Crippen molar-refractivity contribution in [3.63, 3.8) is 0 Å². The van der Waals surface area contributed by atoms with E-state index in [1.54, 1.807) is 0 Å². The Hall–Kier alpha value is -1.50. The predicted molar refractivity (Wildman–Crippen MR) is 93.1 cm³/mol. The average Bonchev–Trinajstić information content (AvgIpc) is 2.46. The van der Waals surface area contributed by atoms with E-state index in [0.29, 0.717) is 12.5 Å². The molecule has 1 nitrogen and oxygen atoms in total. The lowest BCUT2D eigenvalue weighted by molar-refractivity contribution is 0.361. The highest BCUT2D eigenvalue weighted by molar-refractivity contribution is 5.29. The molecule has 0 radical (unpaired) electrons. The van der Waals surface area contributed by atoms with Crippen molar-refractivity contribution in [2.75, 3.05) is 6.61 Å². The molecule has 1 unspecified atom stereocenters. The Morgan fingerprint density at radius 1 is 1.10 bits per heavy atom. The molecule has 0 aliphatic rings. The van der Waals surface area contributed by atoms with E-state index >= 15 is 0 Å². The third-order valence-electron chi connectivity index (χ3n) is 3.83. The lowest BCUT2D eigenvalue weighted by Crippen LogP contribution is -1.96. The van der Waals surface area contributed by atoms with Crippen molar-refractivity contribution in [1.82, 2.24) is 0 Å². The first kappa shape index (κ1) is 17.6. The molecule has 1 heteroatoms. The molecule has 0 heterocycles. The van der Waals surface area contributed by atoms with Crippen LogP contribution < -0.4 is 4.74 Å². The molecule has 0 aliphatic heterocycles. The summed E-state index contributed by atoms with van der Waals surface area (Å²) in [7, 11) is 0. The fourth-order valence-corrected chi connectivity index (χ4v) is 2.10. The van der Waals surface area contributed by atoms with Crippen LogP contribution in [0.1, 0.15) is 65.4 Å². The zero-order chi connectivity index (χ0) is 15.7. The SMILES string of the molecule is CCC(C)c1ccc(OCC=C(C)CCC=C(C)C)cc1. The third-order valence-corrected chi connectivity index (χ3v) is 3.83. The largest absolute Gasteiger partial charge is 0.490 e. The van der Waals surface area contributed by atoms with Gasteiger partial charge in [0, 0.05) is 0 Å². The number of allylic oxidation sites excluding steroid dienone is 3. The predicted octanol–water partition coefficient (Wildman–Crippen LogP) is 6.27. The van der Waals surface area contributed by atoms with Gasteiger partial charge >= 0.3 is 0 Å². The Morgan fingerprint density at radius 3 is 2.33 bits per heavy atom. The molecule has 0 saturated carbocycles. The summed E-state index contributed by atoms with van der Waals surface area (Å²) in [6, 6.07) is 8.51. The van der Waals surface area contributed by atoms with Crippen molar-refractivity contribution in [2.45, 2.75) is 59.8 Å². The van der Waals surface area contributed by atoms with E-state index in [-0.39, 0.29) is 0 Å². The Labute approximate surface area is 130 Å². The summed E-state index contributed by atoms with van der Waals surface area (Å²) < 4.78 is 5.78. The summed E-state index contributed by atoms with van der Waals surface area (Å²) in [6.07, 6.45) is 7.87. The lowest BCUT2D eigenvalue weighted by Gasteiger charge is -2.10. The van der Waals surface area contributed by atoms with Crippen molar-refractivity contribution in [3.05, 3.63) is 53.1 Å². The molecule has 1 aromatic carbocycles. The molecule has 0 amide bonds. The molecular formula is C20H30O. The summed E-state index contributed by atoms with van der Waals surface area (Å²) in [5.41, 5.74) is 4.17. The molecule has 21 heavy (non-hydrogen) atoms. The smallest absolute Gasteiger partial charge is 0.119 e. The fraction of sp³-hybridized carbons (Fsp3) is 0.500. The van der Waals surface area contributed by atoms with Crippen LogP contribution in [0.15, 0.2) is 47.6 Å². The summed E-state index contributed by atoms with van der Waals surface area (Å²) in [5, 5.41) is 0. The highest BCUT2D eigenvalue weighted by Crippen LogP contribution is 2.21. The summed E-state index contributed by atoms with van der Waals surface area (Å²) in [5.74, 6) is 1.58. The quantitative estimate of drug-likeness (QED) is 0.512. The molecule has 0 aromatic heterocycles. The zero-order valence-corrected chi connectivity index (χ0v) is 14.3. The Balaban J connectivity index is 2.39. The van der Waals surface area contributed by atoms with Gasteiger partial charge in [-0.25, -0.2) is 0 Å². The van der Waals surface area contributed by atoms with Crippen LogP contribution in [0.5, 0.6) is 5.75 Å². The maximum atomic E-state index is 5.78. The van der Waals surface area contributed by atoms with Gasteiger partial charge in [0.15, 0.2) is 0 Å². The summed E-state index contributed by atoms with van der Waals surface area (Å²) in [6.45, 7) is 11.6. The molecule has 0 aliphatic carbocycles. The number of hydrogen-bond acceptors (Lipinski definition) is 1. The third kappa shape index (κ3) is 7.17. The second-order valence-electron chi connectivity index (χ2n) is 6.06. The van der Waals surface area contributed by atoms with E-state index < -0.39 is 0 Å². The maximum absolute atomic E-state index is 5.78. The summed E-state index contributed by atoms with van der Waals surface area (Å²) >= 11 is 0. The van der Waals surface area contributed by atoms with Gasteiger partial charge in [-0.05, 0) is 69.7 Å². The van der Waals surface area contributed by atoms with E-state index in [4.69, 9.17) is 4.74 Å². The highest BCUT2D eigenvalue weighted by atomic mass is 16.5. The molecule has 1 aromatic rings. The fourth-order valence-electron chi connectivity index (χ4n) is 2.10. The molecule has 0 bridgehead atoms. The van der Waals surface area contributed by atoms with Crippen LogP contribution >= 0.6 is 0 Å². The Morgan fingerprint density at radius 2 is 1.76 bits per heavy atom. The lowest BCUT2D eigenvalue weighted by atomic mass is 9.99. The molecular weight excluding hydrogens is 256 g/mol. The van der Waals surface area contributed by atoms with Gasteiger partial charge in [-0.3, -0.25) is 0 Å². The Kier molecular flexibility index (Phi) is 7.89. The van der Waals surface area contributed by atoms with E-state index in [0.717, 1.165) is 18.6 Å². The average molecular weight is 286 g/mol. The van der Waals surface area contributed by atoms with Crippen molar-refractivity contribution in [3.8, 4) is 5.75 Å². The van der Waals surface area contributed by atoms with Crippen molar-refractivity contribution < 1.29 is 4.74 Å². The normalized spacial score (nSPS) is 12.9. The molecule has 0 spiro atoms. The molecule has 1 atom stereocenters. The highest BCUT2D eigenvalue weighted by Gasteiger charge is 2.02. The van der Waals surface area contributed by atoms with Crippen molar-refractivity contribution in [1.29, 1.82) is 0 Å². The van der Waals surface area contributed by atoms with Gasteiger partial charge in [0.05, 0.1) is 0 Å². The number of benzene rings is 1. The van der Waals surface area contributed by atoms with E-state index in [2.05, 4.69) is 71.0 Å². The van der Waals surface area contributed by atoms with Crippen LogP contribution in [0.3, 0.4) is 0 Å². The minimum absolute atomic E-state index is 0.622. The van der Waals surface area contributed by atoms with Crippen molar-refractivity contribution >= 4 is 0 Å². The van der Waals surface area contributed by atoms with Gasteiger partial charge in [0.2, 0.25) is 0 Å². The second-order valence-corrected chi connectivity index (χ2v) is 6.06. The first-order chi connectivity index (χ1) is 10.0. The van der Waals surface area contributed by atoms with Gasteiger partial charge in [0.1, 0.15) is 12.4 Å². The molecule has 116 valence electrons. The van der Waals surface area contributed by atoms with Crippen LogP contribution in [-0.4, -0.2) is 6.61 Å². The van der Waals surface area contributed by atoms with Gasteiger partial charge in [-0.2, -0.15) is 0 Å². The Bertz CT molecular complexity index is 461. The topological polar surface area (TPSA) is 9.23 Å². The molecule has 0 saturated heterocycles. The van der Waals surface area contributed by atoms with Gasteiger partial charge < -0.3 is 4.74 Å². The molecule has 0 fully saturated rings. The molecule has 0 N–H and O–H groups in total. The monoisotopic (exact) mass is 286 g/mol. The van der Waals surface area contributed by atoms with Crippen LogP contribution in [-0.2, 0) is 0 Å². The van der Waals surface area contributed by atoms with E-state index in [1.807, 2.05) is 0 Å². The van der Waals surface area contributed by atoms with E-state index in [9.17, 15) is 0 Å². The van der Waals surface area contributed by atoms with Crippen LogP contribution in [0, 0.1) is 0 Å². The maximum Gasteiger partial charge on any atom is 0.119 e. The molecule has 1 rings (SSSR count). The summed E-state index contributed by atoms with van der Waals surface area (Å²) in [4.78, 5) is 0. The van der Waals surface area contributed by atoms with E-state index in [1.165, 1.54) is 23.1 Å². The number of ether oxygens (including phenoxy) is 1. The minimum atomic E-state index is 0.622. The van der Waals surface area contributed by atoms with Gasteiger partial charge in [-0.1, -0.05) is 43.2 Å². The first-order valence-corrected chi connectivity index (χ1v) is 8.04. The second kappa shape index (κ2) is 9.44. The standard InChI is InChI=1S/C20H30O/c1-6-18(5)19-10-12-20(13-11-19)21-15-14-17(4)9-7-8-16(2)3/h8,10-14,18H,6-7,9,15H2,1-5H3. The van der Waals surface area contributed by atoms with Crippen LogP contribution in [0.25, 0.3) is 0 Å². The minimum Gasteiger partial charge on any atom is -0.490 e. The van der Waals surface area contributed by atoms with Crippen LogP contribution in [0.2, 0.25) is 0 Å². The number of hydrogen-bond donors (Lipinski definition) is 0. The van der Waals surface area contributed by atoms with Gasteiger partial charge in [-0.15, -0.1) is 0 Å². The first-order valence-electron chi connectivity index (χ1n) is 8.04. The number of rotatable bonds is 8. The van der Waals surface area contributed by atoms with Crippen LogP contribution in [0.4, 0.5) is 0 Å².